The topological polar surface area (TPSA) is 84.0 Å². The molecular weight excluding hydrogens is 404 g/mol. The molecular formula is C22H24N2O5S. The maximum absolute atomic E-state index is 13.5. The second kappa shape index (κ2) is 7.21. The standard InChI is InChI=1S/C22H24N2O5S/c1-4-24-19-13-23(30(27,28)16-11-9-15(29-3)10-12-16)14-22(19,2)20(25)17-7-5-6-8-18(17)21(24)26/h5-12,19H,4,13-14H2,1-3H3/t19-,22+/m1/s1. The third kappa shape index (κ3) is 2.94. The largest absolute Gasteiger partial charge is 0.497 e. The lowest BCUT2D eigenvalue weighted by atomic mass is 9.78. The summed E-state index contributed by atoms with van der Waals surface area (Å²) in [5.74, 6) is 0.126. The average molecular weight is 429 g/mol. The molecule has 0 aliphatic carbocycles. The van der Waals surface area contributed by atoms with E-state index in [1.807, 2.05) is 6.92 Å². The zero-order valence-electron chi connectivity index (χ0n) is 17.2. The van der Waals surface area contributed by atoms with Gasteiger partial charge >= 0.3 is 0 Å². The van der Waals surface area contributed by atoms with Crippen LogP contribution in [0, 0.1) is 5.41 Å². The highest BCUT2D eigenvalue weighted by atomic mass is 32.2. The Morgan fingerprint density at radius 1 is 1.07 bits per heavy atom. The van der Waals surface area contributed by atoms with Crippen molar-refractivity contribution in [2.24, 2.45) is 5.41 Å². The fourth-order valence-corrected chi connectivity index (χ4v) is 6.07. The van der Waals surface area contributed by atoms with Gasteiger partial charge in [0.25, 0.3) is 5.91 Å². The molecule has 0 saturated carbocycles. The van der Waals surface area contributed by atoms with Gasteiger partial charge in [0.2, 0.25) is 10.0 Å². The number of carbonyl (C=O) groups is 2. The maximum Gasteiger partial charge on any atom is 0.254 e. The summed E-state index contributed by atoms with van der Waals surface area (Å²) in [6.07, 6.45) is 0. The Morgan fingerprint density at radius 3 is 2.30 bits per heavy atom. The molecule has 2 aliphatic rings. The first kappa shape index (κ1) is 20.6. The van der Waals surface area contributed by atoms with E-state index in [0.717, 1.165) is 0 Å². The molecule has 0 bridgehead atoms. The molecule has 1 amide bonds. The van der Waals surface area contributed by atoms with E-state index >= 15 is 0 Å². The van der Waals surface area contributed by atoms with Crippen LogP contribution in [0.5, 0.6) is 5.75 Å². The van der Waals surface area contributed by atoms with Crippen molar-refractivity contribution < 1.29 is 22.7 Å². The van der Waals surface area contributed by atoms with E-state index in [2.05, 4.69) is 0 Å². The van der Waals surface area contributed by atoms with Gasteiger partial charge in [0.05, 0.1) is 29.0 Å². The number of benzene rings is 2. The van der Waals surface area contributed by atoms with E-state index in [4.69, 9.17) is 4.74 Å². The van der Waals surface area contributed by atoms with Crippen molar-refractivity contribution in [2.75, 3.05) is 26.7 Å². The monoisotopic (exact) mass is 428 g/mol. The quantitative estimate of drug-likeness (QED) is 0.747. The van der Waals surface area contributed by atoms with Crippen LogP contribution in [0.25, 0.3) is 0 Å². The molecule has 30 heavy (non-hydrogen) atoms. The van der Waals surface area contributed by atoms with E-state index in [1.54, 1.807) is 48.2 Å². The number of rotatable bonds is 4. The number of hydrogen-bond acceptors (Lipinski definition) is 5. The summed E-state index contributed by atoms with van der Waals surface area (Å²) in [5, 5.41) is 0. The van der Waals surface area contributed by atoms with Gasteiger partial charge < -0.3 is 9.64 Å². The smallest absolute Gasteiger partial charge is 0.254 e. The lowest BCUT2D eigenvalue weighted by Crippen LogP contribution is -2.49. The molecule has 2 heterocycles. The van der Waals surface area contributed by atoms with Crippen molar-refractivity contribution >= 4 is 21.7 Å². The predicted octanol–water partition coefficient (Wildman–Crippen LogP) is 2.43. The number of likely N-dealkylation sites (N-methyl/N-ethyl adjacent to an activating group) is 1. The zero-order chi connectivity index (χ0) is 21.7. The summed E-state index contributed by atoms with van der Waals surface area (Å²) in [6.45, 7) is 4.09. The minimum Gasteiger partial charge on any atom is -0.497 e. The van der Waals surface area contributed by atoms with Gasteiger partial charge in [-0.15, -0.1) is 0 Å². The van der Waals surface area contributed by atoms with Gasteiger partial charge in [0.15, 0.2) is 5.78 Å². The van der Waals surface area contributed by atoms with Gasteiger partial charge in [-0.05, 0) is 44.2 Å². The summed E-state index contributed by atoms with van der Waals surface area (Å²) in [7, 11) is -2.32. The van der Waals surface area contributed by atoms with Crippen molar-refractivity contribution in [1.82, 2.24) is 9.21 Å². The Kier molecular flexibility index (Phi) is 4.94. The highest BCUT2D eigenvalue weighted by molar-refractivity contribution is 7.89. The normalized spacial score (nSPS) is 24.4. The van der Waals surface area contributed by atoms with Gasteiger partial charge in [0, 0.05) is 25.2 Å². The lowest BCUT2D eigenvalue weighted by molar-refractivity contribution is 0.0560. The number of Topliss-reactive ketones (excluding diaryl/α,β-unsaturated/α-hetero) is 1. The number of nitrogens with zero attached hydrogens (tertiary/aromatic N) is 2. The number of methoxy groups -OCH3 is 1. The number of fused-ring (bicyclic) bond motifs is 2. The van der Waals surface area contributed by atoms with Crippen LogP contribution in [0.3, 0.4) is 0 Å². The molecule has 7 nitrogen and oxygen atoms in total. The van der Waals surface area contributed by atoms with Crippen molar-refractivity contribution in [1.29, 1.82) is 0 Å². The van der Waals surface area contributed by atoms with Crippen molar-refractivity contribution in [2.45, 2.75) is 24.8 Å². The second-order valence-corrected chi connectivity index (χ2v) is 9.81. The van der Waals surface area contributed by atoms with Crippen LogP contribution in [-0.4, -0.2) is 62.1 Å². The fraction of sp³-hybridized carbons (Fsp3) is 0.364. The van der Waals surface area contributed by atoms with Crippen LogP contribution in [0.2, 0.25) is 0 Å². The summed E-state index contributed by atoms with van der Waals surface area (Å²) in [5.41, 5.74) is -0.295. The third-order valence-electron chi connectivity index (χ3n) is 6.21. The number of sulfonamides is 1. The molecule has 2 aromatic carbocycles. The molecule has 1 saturated heterocycles. The van der Waals surface area contributed by atoms with E-state index in [0.29, 0.717) is 23.4 Å². The Bertz CT molecular complexity index is 1110. The lowest BCUT2D eigenvalue weighted by Gasteiger charge is -2.34. The molecule has 2 aromatic rings. The van der Waals surface area contributed by atoms with Crippen molar-refractivity contribution in [3.05, 3.63) is 59.7 Å². The second-order valence-electron chi connectivity index (χ2n) is 7.87. The van der Waals surface area contributed by atoms with Gasteiger partial charge in [-0.25, -0.2) is 8.42 Å². The predicted molar refractivity (Wildman–Crippen MR) is 111 cm³/mol. The van der Waals surface area contributed by atoms with Crippen molar-refractivity contribution in [3.63, 3.8) is 0 Å². The molecule has 0 unspecified atom stereocenters. The molecule has 2 aliphatic heterocycles. The molecule has 0 N–H and O–H groups in total. The van der Waals surface area contributed by atoms with Gasteiger partial charge in [-0.3, -0.25) is 9.59 Å². The molecule has 1 fully saturated rings. The van der Waals surface area contributed by atoms with Gasteiger partial charge in [0.1, 0.15) is 5.75 Å². The molecule has 4 rings (SSSR count). The van der Waals surface area contributed by atoms with Gasteiger partial charge in [-0.2, -0.15) is 4.31 Å². The first-order valence-electron chi connectivity index (χ1n) is 9.83. The molecule has 0 aromatic heterocycles. The average Bonchev–Trinajstić information content (AvgIpc) is 3.10. The van der Waals surface area contributed by atoms with Gasteiger partial charge in [-0.1, -0.05) is 18.2 Å². The van der Waals surface area contributed by atoms with Crippen LogP contribution in [0.4, 0.5) is 0 Å². The van der Waals surface area contributed by atoms with E-state index in [1.165, 1.54) is 23.5 Å². The fourth-order valence-electron chi connectivity index (χ4n) is 4.51. The Hall–Kier alpha value is -2.71. The number of carbonyl (C=O) groups excluding carboxylic acids is 2. The molecule has 0 radical (unpaired) electrons. The van der Waals surface area contributed by atoms with Crippen LogP contribution in [0.15, 0.2) is 53.4 Å². The highest BCUT2D eigenvalue weighted by Crippen LogP contribution is 2.42. The highest BCUT2D eigenvalue weighted by Gasteiger charge is 2.56. The molecule has 158 valence electrons. The number of ether oxygens (including phenoxy) is 1. The van der Waals surface area contributed by atoms with Crippen LogP contribution >= 0.6 is 0 Å². The van der Waals surface area contributed by atoms with E-state index < -0.39 is 21.5 Å². The molecule has 8 heteroatoms. The third-order valence-corrected chi connectivity index (χ3v) is 8.04. The SMILES string of the molecule is CCN1C(=O)c2ccccc2C(=O)[C@@]2(C)CN(S(=O)(=O)c3ccc(OC)cc3)C[C@@H]12. The zero-order valence-corrected chi connectivity index (χ0v) is 18.0. The molecule has 0 spiro atoms. The summed E-state index contributed by atoms with van der Waals surface area (Å²) in [6, 6.07) is 12.4. The summed E-state index contributed by atoms with van der Waals surface area (Å²) in [4.78, 5) is 28.5. The number of amides is 1. The first-order valence-corrected chi connectivity index (χ1v) is 11.3. The number of hydrogen-bond donors (Lipinski definition) is 0. The van der Waals surface area contributed by atoms with Crippen LogP contribution in [-0.2, 0) is 10.0 Å². The number of ketones is 1. The minimum absolute atomic E-state index is 0.0168. The Labute approximate surface area is 176 Å². The Morgan fingerprint density at radius 2 is 1.70 bits per heavy atom. The molecule has 2 atom stereocenters. The summed E-state index contributed by atoms with van der Waals surface area (Å²) >= 11 is 0. The van der Waals surface area contributed by atoms with E-state index in [-0.39, 0.29) is 29.7 Å². The first-order chi connectivity index (χ1) is 14.2. The van der Waals surface area contributed by atoms with Crippen LogP contribution in [0.1, 0.15) is 34.6 Å². The van der Waals surface area contributed by atoms with Crippen molar-refractivity contribution in [3.8, 4) is 5.75 Å². The van der Waals surface area contributed by atoms with E-state index in [9.17, 15) is 18.0 Å². The Balaban J connectivity index is 1.77. The van der Waals surface area contributed by atoms with Crippen LogP contribution < -0.4 is 4.74 Å². The minimum atomic E-state index is -3.83. The summed E-state index contributed by atoms with van der Waals surface area (Å²) < 4.78 is 33.0. The maximum atomic E-state index is 13.5.